The van der Waals surface area contributed by atoms with Crippen LogP contribution in [-0.4, -0.2) is 64.7 Å². The van der Waals surface area contributed by atoms with Crippen LogP contribution in [0.3, 0.4) is 0 Å². The molecular formula is C43H47IK2N4O9S2. The summed E-state index contributed by atoms with van der Waals surface area (Å²) in [4.78, 5) is 42.8. The van der Waals surface area contributed by atoms with Crippen LogP contribution in [0.25, 0.3) is 34.2 Å². The Bertz CT molecular complexity index is 2630. The molecule has 0 spiro atoms. The first-order valence-corrected chi connectivity index (χ1v) is 21.3. The second kappa shape index (κ2) is 25.1. The molecule has 0 saturated carbocycles. The smallest absolute Gasteiger partial charge is 1.00 e. The molecule has 0 radical (unpaired) electrons. The van der Waals surface area contributed by atoms with Crippen molar-refractivity contribution in [3.05, 3.63) is 103 Å². The van der Waals surface area contributed by atoms with Gasteiger partial charge in [-0.25, -0.2) is 19.6 Å². The van der Waals surface area contributed by atoms with Crippen LogP contribution in [0.5, 0.6) is 11.5 Å². The molecule has 3 N–H and O–H groups in total. The second-order valence-electron chi connectivity index (χ2n) is 14.5. The molecule has 6 aromatic rings. The third-order valence-electron chi connectivity index (χ3n) is 9.59. The number of alkyl halides is 1. The zero-order chi connectivity index (χ0) is 48.0. The van der Waals surface area contributed by atoms with Gasteiger partial charge in [-0.1, -0.05) is 50.3 Å². The van der Waals surface area contributed by atoms with E-state index in [9.17, 15) is 24.9 Å². The van der Waals surface area contributed by atoms with Crippen LogP contribution < -0.4 is 108 Å². The summed E-state index contributed by atoms with van der Waals surface area (Å²) in [5.41, 5.74) is 8.72. The van der Waals surface area contributed by atoms with Gasteiger partial charge in [0, 0.05) is 26.0 Å². The number of carboxylic acid groups (broad SMARTS) is 1. The average Bonchev–Trinajstić information content (AvgIpc) is 4.03. The Balaban J connectivity index is 0.000000384. The van der Waals surface area contributed by atoms with Gasteiger partial charge in [0.05, 0.1) is 33.9 Å². The first-order chi connectivity index (χ1) is 30.5. The number of aryl methyl sites for hydroxylation is 2. The molecule has 2 aromatic carbocycles. The van der Waals surface area contributed by atoms with Crippen molar-refractivity contribution in [2.24, 2.45) is 11.8 Å². The van der Waals surface area contributed by atoms with Gasteiger partial charge >= 0.3 is 115 Å². The number of aromatic nitrogens is 4. The predicted octanol–water partition coefficient (Wildman–Crippen LogP) is 2.30. The molecule has 13 nitrogen and oxygen atoms in total. The largest absolute Gasteiger partial charge is 1.00 e. The standard InChI is InChI=1S/C21H22N2O3S.C20H20N2O3S.CH3I.CH2O3.2K.H/c1-12(2)8-15-9-17-13(10-18(15)24)4-5-16-19(21(25)26-3)22-20(23(16)17)14-6-7-27-11-14;1-11(2)7-14-8-16-12(9-17(14)23)3-4-15-18(20(24)25)21-19(22(15)16)13-5-6-26-10-13;1-2;2-1-4-3;;;/h6-7,9-12,24H,4-5,8H2,1-3H3;5-6,8-11,23H,3-4,7H2,1-2H3,(H,24,25);1H3;1,3H;;;/q;;;;2*+1;-1/p-1/i3D3;;1D3;;;;. The van der Waals surface area contributed by atoms with E-state index < -0.39 is 23.8 Å². The maximum Gasteiger partial charge on any atom is 1.00 e. The van der Waals surface area contributed by atoms with Gasteiger partial charge in [-0.15, -0.1) is 0 Å². The molecule has 0 bridgehead atoms. The number of aromatic carboxylic acids is 1. The first kappa shape index (κ1) is 44.4. The number of methoxy groups -OCH3 is 1. The van der Waals surface area contributed by atoms with Gasteiger partial charge in [-0.05, 0) is 125 Å². The number of aromatic hydroxyl groups is 2. The van der Waals surface area contributed by atoms with E-state index in [1.165, 1.54) is 33.9 Å². The molecule has 0 atom stereocenters. The Morgan fingerprint density at radius 3 is 1.64 bits per heavy atom. The molecule has 18 heteroatoms. The number of imidazole rings is 2. The molecule has 0 saturated heterocycles. The summed E-state index contributed by atoms with van der Waals surface area (Å²) in [5, 5.41) is 46.7. The van der Waals surface area contributed by atoms with E-state index in [4.69, 9.17) is 18.3 Å². The van der Waals surface area contributed by atoms with Crippen molar-refractivity contribution in [1.29, 1.82) is 0 Å². The van der Waals surface area contributed by atoms with Crippen LogP contribution in [0.4, 0.5) is 0 Å². The number of thiophene rings is 2. The van der Waals surface area contributed by atoms with Crippen molar-refractivity contribution >= 4 is 63.7 Å². The molecule has 0 aliphatic carbocycles. The Morgan fingerprint density at radius 2 is 1.28 bits per heavy atom. The van der Waals surface area contributed by atoms with Gasteiger partial charge in [0.15, 0.2) is 11.4 Å². The van der Waals surface area contributed by atoms with Crippen molar-refractivity contribution in [3.63, 3.8) is 0 Å². The monoisotopic (exact) mass is 1040 g/mol. The number of carbonyl (C=O) groups excluding carboxylic acids is 2. The number of halogens is 1. The summed E-state index contributed by atoms with van der Waals surface area (Å²) in [6.45, 7) is 8.21. The molecule has 2 aliphatic heterocycles. The Kier molecular flexibility index (Phi) is 18.3. The van der Waals surface area contributed by atoms with E-state index in [0.29, 0.717) is 67.0 Å². The van der Waals surface area contributed by atoms with E-state index in [2.05, 4.69) is 47.3 Å². The molecule has 4 aromatic heterocycles. The minimum atomic E-state index is -2.83. The normalized spacial score (nSPS) is 13.4. The molecular weight excluding hydrogens is 986 g/mol. The Labute approximate surface area is 471 Å². The van der Waals surface area contributed by atoms with E-state index in [0.717, 1.165) is 56.9 Å². The van der Waals surface area contributed by atoms with Crippen LogP contribution in [0, 0.1) is 11.8 Å². The van der Waals surface area contributed by atoms with Crippen molar-refractivity contribution in [2.45, 2.75) is 66.2 Å². The minimum absolute atomic E-state index is 0. The van der Waals surface area contributed by atoms with Crippen LogP contribution in [0.15, 0.2) is 57.9 Å². The Hall–Kier alpha value is -1.77. The second-order valence-corrected chi connectivity index (χ2v) is 16.0. The average molecular weight is 1040 g/mol. The maximum absolute atomic E-state index is 12.6. The number of esters is 1. The van der Waals surface area contributed by atoms with Crippen LogP contribution in [0.2, 0.25) is 0 Å². The van der Waals surface area contributed by atoms with Gasteiger partial charge < -0.3 is 31.6 Å². The van der Waals surface area contributed by atoms with Gasteiger partial charge in [-0.3, -0.25) is 13.9 Å². The first-order valence-electron chi connectivity index (χ1n) is 21.4. The fourth-order valence-corrected chi connectivity index (χ4v) is 8.57. The summed E-state index contributed by atoms with van der Waals surface area (Å²) in [6, 6.07) is 11.4. The molecule has 0 fully saturated rings. The molecule has 61 heavy (non-hydrogen) atoms. The Morgan fingerprint density at radius 1 is 0.852 bits per heavy atom. The van der Waals surface area contributed by atoms with Crippen LogP contribution in [-0.2, 0) is 52.9 Å². The third kappa shape index (κ3) is 12.5. The number of ether oxygens (including phenoxy) is 1. The molecule has 0 amide bonds. The molecule has 0 unspecified atom stereocenters. The maximum atomic E-state index is 12.6. The molecule has 6 heterocycles. The van der Waals surface area contributed by atoms with Gasteiger partial charge in [0.25, 0.3) is 6.47 Å². The van der Waals surface area contributed by atoms with Crippen molar-refractivity contribution < 1.29 is 157 Å². The van der Waals surface area contributed by atoms with E-state index in [1.54, 1.807) is 17.4 Å². The topological polar surface area (TPSA) is 189 Å². The zero-order valence-electron chi connectivity index (χ0n) is 41.5. The summed E-state index contributed by atoms with van der Waals surface area (Å²) in [6.07, 6.45) is 3.86. The summed E-state index contributed by atoms with van der Waals surface area (Å²) in [5.74, 6) is 0.620. The minimum Gasteiger partial charge on any atom is -1.00 e. The quantitative estimate of drug-likeness (QED) is 0.0367. The zero-order valence-corrected chi connectivity index (χ0v) is 44.6. The van der Waals surface area contributed by atoms with Crippen molar-refractivity contribution in [1.82, 2.24) is 19.1 Å². The number of rotatable bonds is 9. The van der Waals surface area contributed by atoms with Gasteiger partial charge in [0.1, 0.15) is 23.1 Å². The third-order valence-corrected chi connectivity index (χ3v) is 11.0. The number of fused-ring (bicyclic) bond motifs is 6. The number of carboxylic acids is 1. The van der Waals surface area contributed by atoms with Gasteiger partial charge in [-0.2, -0.15) is 22.7 Å². The fourth-order valence-electron chi connectivity index (χ4n) is 7.30. The van der Waals surface area contributed by atoms with Gasteiger partial charge in [0.2, 0.25) is 0 Å². The fraction of sp³-hybridized carbons (Fsp3) is 0.326. The molecule has 2 aliphatic rings. The summed E-state index contributed by atoms with van der Waals surface area (Å²) < 4.78 is 49.1. The van der Waals surface area contributed by atoms with E-state index in [1.807, 2.05) is 61.0 Å². The van der Waals surface area contributed by atoms with E-state index in [-0.39, 0.29) is 128 Å². The van der Waals surface area contributed by atoms with Crippen LogP contribution >= 0.6 is 45.3 Å². The van der Waals surface area contributed by atoms with Crippen molar-refractivity contribution in [3.8, 4) is 45.6 Å². The SMILES string of the molecule is CC(C)Cc1cc2c(cc1O)CCc1c(C(=O)O)nc(-c3ccsc3)n1-2.O=CO[O-].[2H]C([2H])([2H])I.[2H]C([2H])([2H])OC(=O)c1nc(-c2ccsc2)n2c1CCc1cc(O)c(CC(C)C)cc1-2.[H-].[K+].[K+]. The molecule has 8 rings (SSSR count). The number of phenolic OH excluding ortho intramolecular Hbond substituents is 2. The van der Waals surface area contributed by atoms with Crippen molar-refractivity contribution in [2.75, 3.05) is 11.9 Å². The number of phenols is 2. The summed E-state index contributed by atoms with van der Waals surface area (Å²) in [7, 11) is -2.83. The molecule has 314 valence electrons. The number of carbonyl (C=O) groups is 3. The van der Waals surface area contributed by atoms with E-state index >= 15 is 0 Å². The number of hydrogen-bond donors (Lipinski definition) is 3. The van der Waals surface area contributed by atoms with Crippen LogP contribution in [0.1, 0.15) is 92.0 Å². The number of hydrogen-bond acceptors (Lipinski definition) is 12. The number of nitrogens with zero attached hydrogens (tertiary/aromatic N) is 4. The predicted molar refractivity (Wildman–Crippen MR) is 235 cm³/mol. The number of benzene rings is 2. The summed E-state index contributed by atoms with van der Waals surface area (Å²) >= 11 is 4.44.